The third-order valence-electron chi connectivity index (χ3n) is 1.75. The molecule has 0 spiro atoms. The molecule has 0 amide bonds. The molecule has 0 saturated carbocycles. The van der Waals surface area contributed by atoms with Gasteiger partial charge in [-0.1, -0.05) is 27.7 Å². The van der Waals surface area contributed by atoms with Gasteiger partial charge < -0.3 is 10.6 Å². The maximum atomic E-state index is 3.11. The van der Waals surface area contributed by atoms with Crippen LogP contribution in [0.15, 0.2) is 22.5 Å². The van der Waals surface area contributed by atoms with Crippen LogP contribution in [-0.4, -0.2) is 26.2 Å². The Labute approximate surface area is 123 Å². The summed E-state index contributed by atoms with van der Waals surface area (Å²) in [5.74, 6) is 0. The van der Waals surface area contributed by atoms with E-state index in [2.05, 4.69) is 74.0 Å². The fraction of sp³-hybridized carbons (Fsp3) is 0.692. The molecule has 0 fully saturated rings. The number of hydrogen-bond acceptors (Lipinski definition) is 2. The molecule has 0 saturated heterocycles. The van der Waals surface area contributed by atoms with E-state index in [1.54, 1.807) is 0 Å². The van der Waals surface area contributed by atoms with Gasteiger partial charge in [-0.2, -0.15) is 0 Å². The Morgan fingerprint density at radius 2 is 1.41 bits per heavy atom. The van der Waals surface area contributed by atoms with E-state index in [1.165, 1.54) is 4.28 Å². The van der Waals surface area contributed by atoms with E-state index in [0.717, 1.165) is 32.6 Å². The first-order valence-electron chi connectivity index (χ1n) is 6.18. The normalized spacial score (nSPS) is 11.4. The zero-order chi connectivity index (χ0) is 12.6. The molecule has 0 aliphatic heterocycles. The van der Waals surface area contributed by atoms with Crippen molar-refractivity contribution in [2.75, 3.05) is 26.2 Å². The number of allylic oxidation sites excluding steroid dienone is 4. The van der Waals surface area contributed by atoms with Crippen molar-refractivity contribution >= 4 is 12.4 Å². The van der Waals surface area contributed by atoms with Gasteiger partial charge in [0.2, 0.25) is 0 Å². The average molecular weight is 299 g/mol. The molecule has 0 unspecified atom stereocenters. The van der Waals surface area contributed by atoms with Crippen LogP contribution >= 0.6 is 12.4 Å². The first-order chi connectivity index (χ1) is 7.72. The number of rotatable bonds is 4. The Kier molecular flexibility index (Phi) is 28.5. The molecule has 4 heteroatoms. The Bertz CT molecular complexity index is 172. The minimum absolute atomic E-state index is 0. The van der Waals surface area contributed by atoms with E-state index in [9.17, 15) is 0 Å². The molecule has 1 rings (SSSR count). The summed E-state index contributed by atoms with van der Waals surface area (Å²) in [6.07, 6.45) is 7.47. The summed E-state index contributed by atoms with van der Waals surface area (Å²) in [4.78, 5) is 0. The van der Waals surface area contributed by atoms with E-state index in [1.807, 2.05) is 0 Å². The monoisotopic (exact) mass is 298 g/mol. The zero-order valence-corrected chi connectivity index (χ0v) is 13.8. The Morgan fingerprint density at radius 3 is 1.47 bits per heavy atom. The van der Waals surface area contributed by atoms with Gasteiger partial charge in [0.25, 0.3) is 0 Å². The van der Waals surface area contributed by atoms with E-state index < -0.39 is 0 Å². The Hall–Kier alpha value is 0.274. The summed E-state index contributed by atoms with van der Waals surface area (Å²) in [7, 11) is 0. The van der Waals surface area contributed by atoms with Crippen molar-refractivity contribution in [3.63, 3.8) is 0 Å². The van der Waals surface area contributed by atoms with Gasteiger partial charge in [-0.05, 0) is 26.2 Å². The second kappa shape index (κ2) is 21.5. The third-order valence-corrected chi connectivity index (χ3v) is 2.27. The molecule has 0 aromatic heterocycles. The molecule has 2 N–H and O–H groups in total. The minimum atomic E-state index is 0. The summed E-state index contributed by atoms with van der Waals surface area (Å²) in [6.45, 7) is 12.8. The van der Waals surface area contributed by atoms with Gasteiger partial charge >= 0.3 is 46.4 Å². The van der Waals surface area contributed by atoms with Gasteiger partial charge in [-0.3, -0.25) is 0 Å². The van der Waals surface area contributed by atoms with Gasteiger partial charge in [0, 0.05) is 0 Å². The van der Waals surface area contributed by atoms with Crippen molar-refractivity contribution in [3.8, 4) is 0 Å². The van der Waals surface area contributed by atoms with Crippen LogP contribution < -0.4 is 10.6 Å². The maximum absolute atomic E-state index is 3.11. The van der Waals surface area contributed by atoms with E-state index in [4.69, 9.17) is 0 Å². The van der Waals surface area contributed by atoms with Gasteiger partial charge in [-0.25, -0.2) is 0 Å². The second-order valence-corrected chi connectivity index (χ2v) is 4.10. The van der Waals surface area contributed by atoms with E-state index >= 15 is 0 Å². The molecule has 0 radical (unpaired) electrons. The summed E-state index contributed by atoms with van der Waals surface area (Å²) in [5, 5.41) is 6.22. The van der Waals surface area contributed by atoms with Crippen molar-refractivity contribution in [3.05, 3.63) is 22.5 Å². The third kappa shape index (κ3) is 26.1. The second-order valence-electron chi connectivity index (χ2n) is 3.20. The first kappa shape index (κ1) is 22.5. The summed E-state index contributed by atoms with van der Waals surface area (Å²) >= 11 is 2.54. The van der Waals surface area contributed by atoms with Crippen molar-refractivity contribution in [2.24, 2.45) is 0 Å². The van der Waals surface area contributed by atoms with E-state index in [0.29, 0.717) is 0 Å². The quantitative estimate of drug-likeness (QED) is 0.834. The van der Waals surface area contributed by atoms with Gasteiger partial charge in [-0.15, -0.1) is 12.4 Å². The molecule has 2 nitrogen and oxygen atoms in total. The Morgan fingerprint density at radius 1 is 1.00 bits per heavy atom. The first-order valence-corrected chi connectivity index (χ1v) is 6.88. The van der Waals surface area contributed by atoms with Gasteiger partial charge in [0.15, 0.2) is 0 Å². The van der Waals surface area contributed by atoms with Crippen molar-refractivity contribution in [2.45, 2.75) is 34.1 Å². The van der Waals surface area contributed by atoms with Gasteiger partial charge in [0.1, 0.15) is 0 Å². The van der Waals surface area contributed by atoms with Crippen LogP contribution in [0.25, 0.3) is 0 Å². The van der Waals surface area contributed by atoms with Gasteiger partial charge in [0.05, 0.1) is 0 Å². The molecule has 0 atom stereocenters. The van der Waals surface area contributed by atoms with E-state index in [-0.39, 0.29) is 12.4 Å². The van der Waals surface area contributed by atoms with Crippen LogP contribution in [0.4, 0.5) is 0 Å². The van der Waals surface area contributed by atoms with Crippen LogP contribution in [0.3, 0.4) is 0 Å². The SMILES string of the molecule is CCNCC.CCNCC.Cl.[V][C]1=CC=CC1. The molecule has 1 aliphatic rings. The summed E-state index contributed by atoms with van der Waals surface area (Å²) < 4.78 is 1.41. The zero-order valence-electron chi connectivity index (χ0n) is 11.6. The number of halogens is 1. The molecule has 0 aromatic rings. The Balaban J connectivity index is -0.000000170. The average Bonchev–Trinajstić information content (AvgIpc) is 2.73. The molecule has 0 heterocycles. The number of hydrogen-bond donors (Lipinski definition) is 2. The number of nitrogens with one attached hydrogen (secondary N) is 2. The fourth-order valence-corrected chi connectivity index (χ4v) is 1.23. The predicted octanol–water partition coefficient (Wildman–Crippen LogP) is 3.03. The summed E-state index contributed by atoms with van der Waals surface area (Å²) in [6, 6.07) is 0. The molecule has 17 heavy (non-hydrogen) atoms. The van der Waals surface area contributed by atoms with Crippen molar-refractivity contribution in [1.82, 2.24) is 10.6 Å². The predicted molar refractivity (Wildman–Crippen MR) is 77.5 cm³/mol. The standard InChI is InChI=1S/C5H5.2C4H11N.ClH.V/c1-2-4-5-3-1;2*1-3-5-4-2;;/h1-3H,4H2;2*5H,3-4H2,1-2H3;1H;. The van der Waals surface area contributed by atoms with Crippen LogP contribution in [0.5, 0.6) is 0 Å². The van der Waals surface area contributed by atoms with Crippen molar-refractivity contribution in [1.29, 1.82) is 0 Å². The van der Waals surface area contributed by atoms with Crippen LogP contribution in [0, 0.1) is 0 Å². The molecular weight excluding hydrogens is 271 g/mol. The van der Waals surface area contributed by atoms with Crippen LogP contribution in [0.2, 0.25) is 0 Å². The topological polar surface area (TPSA) is 24.1 Å². The fourth-order valence-electron chi connectivity index (χ4n) is 0.936. The van der Waals surface area contributed by atoms with Crippen LogP contribution in [0.1, 0.15) is 34.1 Å². The summed E-state index contributed by atoms with van der Waals surface area (Å²) in [5.41, 5.74) is 0. The van der Waals surface area contributed by atoms with Crippen molar-refractivity contribution < 1.29 is 17.4 Å². The molecular formula is C13H28ClN2V. The molecule has 0 aromatic carbocycles. The molecule has 1 aliphatic carbocycles. The molecule has 0 bridgehead atoms. The van der Waals surface area contributed by atoms with Crippen LogP contribution in [-0.2, 0) is 17.4 Å². The molecule has 102 valence electrons.